The molecule has 0 bridgehead atoms. The molecule has 120 valence electrons. The van der Waals surface area contributed by atoms with Crippen molar-refractivity contribution in [3.05, 3.63) is 29.3 Å². The molecule has 0 aliphatic carbocycles. The molecule has 0 saturated heterocycles. The van der Waals surface area contributed by atoms with Gasteiger partial charge in [0.1, 0.15) is 16.2 Å². The van der Waals surface area contributed by atoms with E-state index in [1.165, 1.54) is 25.2 Å². The molecule has 2 aromatic rings. The number of fused-ring (bicyclic) bond motifs is 1. The number of nitrogens with one attached hydrogen (secondary N) is 1. The van der Waals surface area contributed by atoms with Gasteiger partial charge < -0.3 is 19.9 Å². The molecular formula is C15H14N2O5S. The summed E-state index contributed by atoms with van der Waals surface area (Å²) >= 11 is 1.30. The van der Waals surface area contributed by atoms with Crippen molar-refractivity contribution in [2.45, 2.75) is 19.4 Å². The Balaban J connectivity index is 1.80. The number of carbonyl (C=O) groups excluding carboxylic acids is 1. The molecule has 1 aliphatic heterocycles. The topological polar surface area (TPSA) is 97.8 Å². The van der Waals surface area contributed by atoms with E-state index in [4.69, 9.17) is 14.6 Å². The van der Waals surface area contributed by atoms with E-state index in [-0.39, 0.29) is 12.5 Å². The Kier molecular flexibility index (Phi) is 3.69. The van der Waals surface area contributed by atoms with Crippen molar-refractivity contribution < 1.29 is 24.2 Å². The third-order valence-corrected chi connectivity index (χ3v) is 4.21. The molecule has 0 spiro atoms. The van der Waals surface area contributed by atoms with Gasteiger partial charge in [-0.05, 0) is 32.0 Å². The van der Waals surface area contributed by atoms with Crippen LogP contribution in [0.1, 0.15) is 24.3 Å². The molecule has 0 radical (unpaired) electrons. The number of benzene rings is 1. The van der Waals surface area contributed by atoms with Gasteiger partial charge in [0.15, 0.2) is 11.5 Å². The predicted molar refractivity (Wildman–Crippen MR) is 82.9 cm³/mol. The first-order chi connectivity index (χ1) is 10.9. The van der Waals surface area contributed by atoms with Crippen molar-refractivity contribution in [3.8, 4) is 22.1 Å². The number of carbonyl (C=O) groups is 2. The summed E-state index contributed by atoms with van der Waals surface area (Å²) in [6.07, 6.45) is 0. The minimum Gasteiger partial charge on any atom is -0.480 e. The Bertz CT molecular complexity index is 784. The van der Waals surface area contributed by atoms with Gasteiger partial charge >= 0.3 is 5.97 Å². The number of rotatable bonds is 4. The van der Waals surface area contributed by atoms with E-state index < -0.39 is 17.4 Å². The lowest BCUT2D eigenvalue weighted by molar-refractivity contribution is -0.143. The first-order valence-electron chi connectivity index (χ1n) is 6.78. The summed E-state index contributed by atoms with van der Waals surface area (Å²) in [5.74, 6) is -0.333. The van der Waals surface area contributed by atoms with Gasteiger partial charge in [-0.3, -0.25) is 4.79 Å². The average Bonchev–Trinajstić information content (AvgIpc) is 3.15. The summed E-state index contributed by atoms with van der Waals surface area (Å²) in [6, 6.07) is 5.41. The molecule has 23 heavy (non-hydrogen) atoms. The number of hydrogen-bond acceptors (Lipinski definition) is 6. The van der Waals surface area contributed by atoms with Crippen molar-refractivity contribution >= 4 is 23.2 Å². The van der Waals surface area contributed by atoms with Gasteiger partial charge in [-0.2, -0.15) is 0 Å². The second-order valence-electron chi connectivity index (χ2n) is 5.49. The molecule has 2 N–H and O–H groups in total. The highest BCUT2D eigenvalue weighted by Gasteiger charge is 2.30. The maximum Gasteiger partial charge on any atom is 0.328 e. The Morgan fingerprint density at radius 1 is 1.30 bits per heavy atom. The summed E-state index contributed by atoms with van der Waals surface area (Å²) in [6.45, 7) is 3.02. The van der Waals surface area contributed by atoms with Gasteiger partial charge in [0.2, 0.25) is 6.79 Å². The van der Waals surface area contributed by atoms with Crippen LogP contribution in [0, 0.1) is 0 Å². The van der Waals surface area contributed by atoms with Gasteiger partial charge in [-0.1, -0.05) is 0 Å². The van der Waals surface area contributed by atoms with E-state index in [2.05, 4.69) is 10.3 Å². The molecule has 1 aliphatic rings. The molecular weight excluding hydrogens is 320 g/mol. The van der Waals surface area contributed by atoms with Crippen LogP contribution in [-0.4, -0.2) is 34.3 Å². The molecule has 0 unspecified atom stereocenters. The molecule has 2 heterocycles. The number of aliphatic carboxylic acids is 1. The largest absolute Gasteiger partial charge is 0.480 e. The van der Waals surface area contributed by atoms with Crippen molar-refractivity contribution in [2.75, 3.05) is 6.79 Å². The van der Waals surface area contributed by atoms with Crippen LogP contribution in [0.3, 0.4) is 0 Å². The summed E-state index contributed by atoms with van der Waals surface area (Å²) < 4.78 is 10.6. The number of thiazole rings is 1. The van der Waals surface area contributed by atoms with E-state index in [1.54, 1.807) is 17.5 Å². The van der Waals surface area contributed by atoms with Crippen LogP contribution in [0.2, 0.25) is 0 Å². The van der Waals surface area contributed by atoms with Crippen LogP contribution in [0.4, 0.5) is 0 Å². The summed E-state index contributed by atoms with van der Waals surface area (Å²) in [4.78, 5) is 27.5. The second-order valence-corrected chi connectivity index (χ2v) is 6.35. The first kappa shape index (κ1) is 15.3. The van der Waals surface area contributed by atoms with Gasteiger partial charge in [-0.15, -0.1) is 11.3 Å². The van der Waals surface area contributed by atoms with Crippen LogP contribution < -0.4 is 14.8 Å². The SMILES string of the molecule is CC(C)(NC(=O)c1csc(-c2ccc3c(c2)OCO3)n1)C(=O)O. The smallest absolute Gasteiger partial charge is 0.328 e. The molecule has 0 fully saturated rings. The average molecular weight is 334 g/mol. The van der Waals surface area contributed by atoms with Crippen molar-refractivity contribution in [2.24, 2.45) is 0 Å². The van der Waals surface area contributed by atoms with Crippen molar-refractivity contribution in [1.29, 1.82) is 0 Å². The fraction of sp³-hybridized carbons (Fsp3) is 0.267. The lowest BCUT2D eigenvalue weighted by Crippen LogP contribution is -2.49. The first-order valence-corrected chi connectivity index (χ1v) is 7.66. The zero-order chi connectivity index (χ0) is 16.6. The van der Waals surface area contributed by atoms with E-state index >= 15 is 0 Å². The number of carboxylic acids is 1. The minimum absolute atomic E-state index is 0.178. The lowest BCUT2D eigenvalue weighted by Gasteiger charge is -2.20. The molecule has 0 saturated carbocycles. The van der Waals surface area contributed by atoms with E-state index in [1.807, 2.05) is 6.07 Å². The minimum atomic E-state index is -1.36. The highest BCUT2D eigenvalue weighted by molar-refractivity contribution is 7.13. The van der Waals surface area contributed by atoms with Crippen LogP contribution >= 0.6 is 11.3 Å². The van der Waals surface area contributed by atoms with Gasteiger partial charge in [0, 0.05) is 10.9 Å². The van der Waals surface area contributed by atoms with Crippen LogP contribution in [-0.2, 0) is 4.79 Å². The van der Waals surface area contributed by atoms with Gasteiger partial charge in [0.05, 0.1) is 0 Å². The lowest BCUT2D eigenvalue weighted by atomic mass is 10.1. The Morgan fingerprint density at radius 2 is 2.04 bits per heavy atom. The predicted octanol–water partition coefficient (Wildman–Crippen LogP) is 2.13. The van der Waals surface area contributed by atoms with Gasteiger partial charge in [0.25, 0.3) is 5.91 Å². The van der Waals surface area contributed by atoms with Crippen molar-refractivity contribution in [1.82, 2.24) is 10.3 Å². The number of carboxylic acid groups (broad SMARTS) is 1. The number of ether oxygens (including phenoxy) is 2. The highest BCUT2D eigenvalue weighted by atomic mass is 32.1. The zero-order valence-electron chi connectivity index (χ0n) is 12.5. The van der Waals surface area contributed by atoms with Crippen LogP contribution in [0.15, 0.2) is 23.6 Å². The van der Waals surface area contributed by atoms with Crippen LogP contribution in [0.5, 0.6) is 11.5 Å². The highest BCUT2D eigenvalue weighted by Crippen LogP contribution is 2.36. The molecule has 1 aromatic heterocycles. The standard InChI is InChI=1S/C15H14N2O5S/c1-15(2,14(19)20)17-12(18)9-6-23-13(16-9)8-3-4-10-11(5-8)22-7-21-10/h3-6H,7H2,1-2H3,(H,17,18)(H,19,20). The number of hydrogen-bond donors (Lipinski definition) is 2. The summed E-state index contributed by atoms with van der Waals surface area (Å²) in [5.41, 5.74) is -0.382. The molecule has 3 rings (SSSR count). The van der Waals surface area contributed by atoms with Gasteiger partial charge in [-0.25, -0.2) is 9.78 Å². The number of nitrogens with zero attached hydrogens (tertiary/aromatic N) is 1. The van der Waals surface area contributed by atoms with E-state index in [9.17, 15) is 9.59 Å². The summed E-state index contributed by atoms with van der Waals surface area (Å²) in [5, 5.41) is 13.7. The second kappa shape index (κ2) is 5.54. The Labute approximate surface area is 135 Å². The Morgan fingerprint density at radius 3 is 2.78 bits per heavy atom. The monoisotopic (exact) mass is 334 g/mol. The maximum atomic E-state index is 12.1. The molecule has 1 aromatic carbocycles. The molecule has 1 amide bonds. The molecule has 8 heteroatoms. The van der Waals surface area contributed by atoms with Crippen LogP contribution in [0.25, 0.3) is 10.6 Å². The fourth-order valence-electron chi connectivity index (χ4n) is 1.94. The maximum absolute atomic E-state index is 12.1. The zero-order valence-corrected chi connectivity index (χ0v) is 13.3. The fourth-order valence-corrected chi connectivity index (χ4v) is 2.74. The quantitative estimate of drug-likeness (QED) is 0.889. The number of amides is 1. The molecule has 7 nitrogen and oxygen atoms in total. The number of aromatic nitrogens is 1. The van der Waals surface area contributed by atoms with E-state index in [0.29, 0.717) is 16.5 Å². The third-order valence-electron chi connectivity index (χ3n) is 3.32. The van der Waals surface area contributed by atoms with E-state index in [0.717, 1.165) is 5.56 Å². The van der Waals surface area contributed by atoms with Crippen molar-refractivity contribution in [3.63, 3.8) is 0 Å². The summed E-state index contributed by atoms with van der Waals surface area (Å²) in [7, 11) is 0. The Hall–Kier alpha value is -2.61. The third kappa shape index (κ3) is 2.98. The normalized spacial score (nSPS) is 13.0. The molecule has 0 atom stereocenters.